The maximum absolute atomic E-state index is 11.3. The largest absolute Gasteiger partial charge is 0.488 e. The number of carbonyl (C=O) groups is 1. The van der Waals surface area contributed by atoms with Gasteiger partial charge < -0.3 is 20.9 Å². The molecule has 1 unspecified atom stereocenters. The van der Waals surface area contributed by atoms with Crippen LogP contribution in [-0.4, -0.2) is 35.2 Å². The van der Waals surface area contributed by atoms with Crippen LogP contribution in [0, 0.1) is 22.7 Å². The van der Waals surface area contributed by atoms with Gasteiger partial charge in [0.25, 0.3) is 5.91 Å². The Bertz CT molecular complexity index is 1270. The predicted octanol–water partition coefficient (Wildman–Crippen LogP) is 3.09. The summed E-state index contributed by atoms with van der Waals surface area (Å²) in [6, 6.07) is 11.4. The van der Waals surface area contributed by atoms with Crippen LogP contribution in [0.25, 0.3) is 11.1 Å². The molecule has 1 aliphatic heterocycles. The van der Waals surface area contributed by atoms with E-state index in [0.717, 1.165) is 17.8 Å². The van der Waals surface area contributed by atoms with Crippen molar-refractivity contribution in [3.8, 4) is 29.0 Å². The minimum Gasteiger partial charge on any atom is -0.488 e. The van der Waals surface area contributed by atoms with E-state index in [0.29, 0.717) is 46.6 Å². The fraction of sp³-hybridized carbons (Fsp3) is 0.227. The van der Waals surface area contributed by atoms with Crippen LogP contribution in [0.2, 0.25) is 0 Å². The number of nitriles is 2. The Morgan fingerprint density at radius 3 is 2.61 bits per heavy atom. The van der Waals surface area contributed by atoms with E-state index < -0.39 is 5.91 Å². The Hall–Kier alpha value is -3.64. The van der Waals surface area contributed by atoms with Crippen LogP contribution in [0.1, 0.15) is 33.0 Å². The first kappa shape index (κ1) is 22.6. The summed E-state index contributed by atoms with van der Waals surface area (Å²) in [6.45, 7) is 1.24. The van der Waals surface area contributed by atoms with Crippen LogP contribution in [0.5, 0.6) is 5.75 Å². The molecule has 33 heavy (non-hydrogen) atoms. The number of aromatic nitrogens is 2. The summed E-state index contributed by atoms with van der Waals surface area (Å²) >= 11 is 2.40. The molecule has 4 rings (SSSR count). The number of nitrogens with two attached hydrogens (primary N) is 2. The lowest BCUT2D eigenvalue weighted by Gasteiger charge is -2.14. The number of thioether (sulfide) groups is 1. The fourth-order valence-electron chi connectivity index (χ4n) is 3.32. The number of nitrogen functional groups attached to an aromatic ring is 1. The zero-order chi connectivity index (χ0) is 23.4. The lowest BCUT2D eigenvalue weighted by atomic mass is 9.97. The quantitative estimate of drug-likeness (QED) is 0.486. The van der Waals surface area contributed by atoms with Gasteiger partial charge in [-0.3, -0.25) is 4.79 Å². The molecule has 0 aliphatic carbocycles. The van der Waals surface area contributed by atoms with Crippen LogP contribution in [-0.2, 0) is 10.5 Å². The number of carbonyl (C=O) groups excluding carboxylic acids is 1. The first-order valence-electron chi connectivity index (χ1n) is 9.85. The highest BCUT2D eigenvalue weighted by Crippen LogP contribution is 2.37. The number of thiazole rings is 1. The van der Waals surface area contributed by atoms with Crippen molar-refractivity contribution < 1.29 is 14.3 Å². The van der Waals surface area contributed by atoms with Crippen molar-refractivity contribution in [3.05, 3.63) is 51.5 Å². The molecule has 0 bridgehead atoms. The number of benzene rings is 1. The van der Waals surface area contributed by atoms with E-state index in [2.05, 4.69) is 22.1 Å². The molecule has 166 valence electrons. The second-order valence-electron chi connectivity index (χ2n) is 7.08. The van der Waals surface area contributed by atoms with E-state index in [1.165, 1.54) is 11.8 Å². The molecule has 11 heteroatoms. The van der Waals surface area contributed by atoms with E-state index in [-0.39, 0.29) is 28.1 Å². The molecule has 3 aromatic rings. The van der Waals surface area contributed by atoms with Crippen LogP contribution in [0.4, 0.5) is 5.82 Å². The number of primary amides is 1. The lowest BCUT2D eigenvalue weighted by molar-refractivity contribution is 0.0999. The van der Waals surface area contributed by atoms with Gasteiger partial charge >= 0.3 is 0 Å². The van der Waals surface area contributed by atoms with E-state index in [1.807, 2.05) is 0 Å². The summed E-state index contributed by atoms with van der Waals surface area (Å²) in [5.74, 6) is 0.474. The summed E-state index contributed by atoms with van der Waals surface area (Å²) in [4.78, 5) is 19.7. The molecule has 1 saturated heterocycles. The number of hydrogen-bond acceptors (Lipinski definition) is 10. The van der Waals surface area contributed by atoms with Gasteiger partial charge in [-0.05, 0) is 17.7 Å². The smallest absolute Gasteiger partial charge is 0.277 e. The van der Waals surface area contributed by atoms with Gasteiger partial charge in [0.1, 0.15) is 40.4 Å². The number of ether oxygens (including phenoxy) is 2. The van der Waals surface area contributed by atoms with Gasteiger partial charge in [0.05, 0.1) is 24.5 Å². The van der Waals surface area contributed by atoms with Crippen LogP contribution < -0.4 is 16.2 Å². The zero-order valence-electron chi connectivity index (χ0n) is 17.3. The zero-order valence-corrected chi connectivity index (χ0v) is 18.9. The molecule has 2 aromatic heterocycles. The third-order valence-corrected chi connectivity index (χ3v) is 6.78. The first-order chi connectivity index (χ1) is 16.0. The minimum absolute atomic E-state index is 0.0144. The van der Waals surface area contributed by atoms with E-state index in [9.17, 15) is 15.3 Å². The molecule has 3 heterocycles. The second-order valence-corrected chi connectivity index (χ2v) is 8.90. The number of amides is 1. The molecule has 4 N–H and O–H groups in total. The van der Waals surface area contributed by atoms with Crippen LogP contribution >= 0.6 is 23.1 Å². The molecular weight excluding hydrogens is 460 g/mol. The van der Waals surface area contributed by atoms with Gasteiger partial charge in [-0.15, -0.1) is 11.3 Å². The number of nitrogens with zero attached hydrogens (tertiary/aromatic N) is 4. The normalized spacial score (nSPS) is 15.0. The highest BCUT2D eigenvalue weighted by Gasteiger charge is 2.22. The average molecular weight is 479 g/mol. The molecule has 0 radical (unpaired) electrons. The summed E-state index contributed by atoms with van der Waals surface area (Å²) in [5, 5.41) is 21.9. The Morgan fingerprint density at radius 2 is 2.00 bits per heavy atom. The summed E-state index contributed by atoms with van der Waals surface area (Å²) < 4.78 is 11.2. The van der Waals surface area contributed by atoms with Gasteiger partial charge in [-0.1, -0.05) is 23.9 Å². The second kappa shape index (κ2) is 9.88. The monoisotopic (exact) mass is 478 g/mol. The molecule has 1 aliphatic rings. The summed E-state index contributed by atoms with van der Waals surface area (Å²) in [6.07, 6.45) is 0.848. The van der Waals surface area contributed by atoms with Gasteiger partial charge in [-0.25, -0.2) is 9.97 Å². The van der Waals surface area contributed by atoms with Crippen molar-refractivity contribution in [2.24, 2.45) is 5.73 Å². The van der Waals surface area contributed by atoms with Gasteiger partial charge in [0.15, 0.2) is 5.01 Å². The average Bonchev–Trinajstić information content (AvgIpc) is 3.50. The van der Waals surface area contributed by atoms with Crippen molar-refractivity contribution in [2.45, 2.75) is 23.3 Å². The predicted molar refractivity (Wildman–Crippen MR) is 124 cm³/mol. The number of rotatable bonds is 7. The fourth-order valence-corrected chi connectivity index (χ4v) is 4.98. The highest BCUT2D eigenvalue weighted by molar-refractivity contribution is 7.98. The van der Waals surface area contributed by atoms with Crippen LogP contribution in [0.15, 0.2) is 34.7 Å². The molecule has 1 aromatic carbocycles. The van der Waals surface area contributed by atoms with Crippen molar-refractivity contribution in [1.29, 1.82) is 10.5 Å². The Kier molecular flexibility index (Phi) is 6.75. The maximum Gasteiger partial charge on any atom is 0.277 e. The van der Waals surface area contributed by atoms with Crippen LogP contribution in [0.3, 0.4) is 0 Å². The van der Waals surface area contributed by atoms with Crippen molar-refractivity contribution in [2.75, 3.05) is 18.9 Å². The van der Waals surface area contributed by atoms with Gasteiger partial charge in [0.2, 0.25) is 0 Å². The molecule has 9 nitrogen and oxygen atoms in total. The lowest BCUT2D eigenvalue weighted by Crippen LogP contribution is -2.15. The Labute approximate surface area is 198 Å². The highest BCUT2D eigenvalue weighted by atomic mass is 32.2. The van der Waals surface area contributed by atoms with E-state index >= 15 is 0 Å². The standard InChI is InChI=1S/C22H18N6O3S2/c23-7-16-18(12-1-3-14(4-2-12)31-15-5-6-30-9-15)17(8-24)21(28-19(16)25)32-10-13-11-33-22(27-13)20(26)29/h1-4,11,15H,5-6,9-10H2,(H2,25,28)(H2,26,29). The SMILES string of the molecule is N#Cc1c(N)nc(SCc2csc(C(N)=O)n2)c(C#N)c1-c1ccc(OC2CCOC2)cc1. The van der Waals surface area contributed by atoms with Gasteiger partial charge in [-0.2, -0.15) is 10.5 Å². The Morgan fingerprint density at radius 1 is 1.24 bits per heavy atom. The van der Waals surface area contributed by atoms with E-state index in [1.54, 1.807) is 29.6 Å². The molecule has 1 atom stereocenters. The topological polar surface area (TPSA) is 161 Å². The summed E-state index contributed by atoms with van der Waals surface area (Å²) in [5.41, 5.74) is 13.4. The first-order valence-corrected chi connectivity index (χ1v) is 11.7. The third kappa shape index (κ3) is 4.91. The molecule has 1 amide bonds. The van der Waals surface area contributed by atoms with E-state index in [4.69, 9.17) is 20.9 Å². The number of hydrogen-bond donors (Lipinski definition) is 2. The molecule has 0 saturated carbocycles. The molecule has 1 fully saturated rings. The van der Waals surface area contributed by atoms with Crippen molar-refractivity contribution >= 4 is 34.8 Å². The summed E-state index contributed by atoms with van der Waals surface area (Å²) in [7, 11) is 0. The Balaban J connectivity index is 1.65. The van der Waals surface area contributed by atoms with Crippen molar-refractivity contribution in [1.82, 2.24) is 9.97 Å². The number of anilines is 1. The third-order valence-electron chi connectivity index (χ3n) is 4.87. The van der Waals surface area contributed by atoms with Gasteiger partial charge in [0, 0.05) is 23.1 Å². The molecular formula is C22H18N6O3S2. The maximum atomic E-state index is 11.3. The number of pyridine rings is 1. The minimum atomic E-state index is -0.593. The molecule has 0 spiro atoms. The van der Waals surface area contributed by atoms with Crippen molar-refractivity contribution in [3.63, 3.8) is 0 Å².